The van der Waals surface area contributed by atoms with E-state index in [1.807, 2.05) is 50.4 Å². The predicted octanol–water partition coefficient (Wildman–Crippen LogP) is 3.05. The molecule has 1 atom stereocenters. The third kappa shape index (κ3) is 3.57. The Bertz CT molecular complexity index is 936. The van der Waals surface area contributed by atoms with Crippen molar-refractivity contribution >= 4 is 22.5 Å². The highest BCUT2D eigenvalue weighted by molar-refractivity contribution is 6.10. The minimum absolute atomic E-state index is 0.163. The van der Waals surface area contributed by atoms with E-state index in [4.69, 9.17) is 0 Å². The molecule has 1 aromatic carbocycles. The number of H-pyrrole nitrogens is 1. The fourth-order valence-electron chi connectivity index (χ4n) is 4.16. The number of aromatic amines is 1. The summed E-state index contributed by atoms with van der Waals surface area (Å²) in [6, 6.07) is 12.3. The van der Waals surface area contributed by atoms with Crippen molar-refractivity contribution < 1.29 is 4.79 Å². The van der Waals surface area contributed by atoms with Crippen LogP contribution in [-0.4, -0.2) is 58.6 Å². The molecule has 3 aromatic rings. The van der Waals surface area contributed by atoms with E-state index in [1.165, 1.54) is 0 Å². The molecular weight excluding hydrogens is 338 g/mol. The maximum absolute atomic E-state index is 13.0. The molecule has 0 bridgehead atoms. The van der Waals surface area contributed by atoms with E-state index in [1.54, 1.807) is 6.20 Å². The van der Waals surface area contributed by atoms with E-state index in [2.05, 4.69) is 25.0 Å². The number of hydrogen-bond acceptors (Lipinski definition) is 5. The molecule has 140 valence electrons. The molecule has 1 aliphatic heterocycles. The summed E-state index contributed by atoms with van der Waals surface area (Å²) in [5, 5.41) is 9.26. The predicted molar refractivity (Wildman–Crippen MR) is 107 cm³/mol. The van der Waals surface area contributed by atoms with Gasteiger partial charge in [-0.25, -0.2) is 0 Å². The van der Waals surface area contributed by atoms with Crippen LogP contribution in [0.1, 0.15) is 28.9 Å². The van der Waals surface area contributed by atoms with E-state index >= 15 is 0 Å². The first-order valence-corrected chi connectivity index (χ1v) is 9.47. The quantitative estimate of drug-likeness (QED) is 0.682. The molecular formula is C21H25N5O. The van der Waals surface area contributed by atoms with E-state index in [9.17, 15) is 4.79 Å². The van der Waals surface area contributed by atoms with Crippen LogP contribution in [0.15, 0.2) is 42.6 Å². The Balaban J connectivity index is 1.45. The number of aromatic nitrogens is 3. The smallest absolute Gasteiger partial charge is 0.179 e. The number of hydrogen-bond donors (Lipinski definition) is 1. The fourth-order valence-corrected chi connectivity index (χ4v) is 4.16. The third-order valence-corrected chi connectivity index (χ3v) is 5.34. The summed E-state index contributed by atoms with van der Waals surface area (Å²) in [5.74, 6) is 1.09. The van der Waals surface area contributed by atoms with Crippen LogP contribution in [0.3, 0.4) is 0 Å². The summed E-state index contributed by atoms with van der Waals surface area (Å²) in [5.41, 5.74) is 2.77. The molecule has 0 spiro atoms. The van der Waals surface area contributed by atoms with Gasteiger partial charge in [0.05, 0.1) is 6.54 Å². The molecule has 6 nitrogen and oxygen atoms in total. The number of carbonyl (C=O) groups is 1. The molecule has 0 aliphatic carbocycles. The number of rotatable bonds is 6. The second-order valence-electron chi connectivity index (χ2n) is 7.36. The number of likely N-dealkylation sites (N-methyl/N-ethyl adjacent to an activating group) is 1. The second kappa shape index (κ2) is 7.48. The molecule has 1 saturated heterocycles. The summed E-state index contributed by atoms with van der Waals surface area (Å²) >= 11 is 0. The molecule has 0 amide bonds. The van der Waals surface area contributed by atoms with Gasteiger partial charge in [0.1, 0.15) is 0 Å². The lowest BCUT2D eigenvalue weighted by Gasteiger charge is -2.29. The van der Waals surface area contributed by atoms with E-state index in [0.29, 0.717) is 12.6 Å². The highest BCUT2D eigenvalue weighted by atomic mass is 16.1. The van der Waals surface area contributed by atoms with Gasteiger partial charge in [-0.1, -0.05) is 18.2 Å². The third-order valence-electron chi connectivity index (χ3n) is 5.34. The molecule has 27 heavy (non-hydrogen) atoms. The molecule has 3 heterocycles. The number of carbonyl (C=O) groups excluding carboxylic acids is 1. The lowest BCUT2D eigenvalue weighted by molar-refractivity contribution is 0.0944. The van der Waals surface area contributed by atoms with E-state index < -0.39 is 0 Å². The highest BCUT2D eigenvalue weighted by Gasteiger charge is 2.27. The lowest BCUT2D eigenvalue weighted by Crippen LogP contribution is -2.41. The molecule has 1 unspecified atom stereocenters. The maximum atomic E-state index is 13.0. The van der Waals surface area contributed by atoms with Crippen LogP contribution < -0.4 is 4.90 Å². The number of para-hydroxylation sites is 1. The minimum atomic E-state index is 0.163. The Morgan fingerprint density at radius 2 is 2.15 bits per heavy atom. The molecule has 4 rings (SSSR count). The zero-order valence-corrected chi connectivity index (χ0v) is 15.9. The van der Waals surface area contributed by atoms with Crippen LogP contribution in [0, 0.1) is 6.92 Å². The van der Waals surface area contributed by atoms with Crippen LogP contribution in [0.2, 0.25) is 0 Å². The van der Waals surface area contributed by atoms with Crippen molar-refractivity contribution in [2.45, 2.75) is 25.8 Å². The summed E-state index contributed by atoms with van der Waals surface area (Å²) in [4.78, 5) is 20.7. The standard InChI is InChI=1S/C21H25N5O/c1-15-21(17-8-3-4-9-18(17)23-15)19(27)14-25(2)13-16-7-6-12-26(16)20-10-5-11-22-24-20/h3-5,8-11,16,23H,6-7,12-14H2,1-2H3. The van der Waals surface area contributed by atoms with Gasteiger partial charge in [-0.3, -0.25) is 9.69 Å². The summed E-state index contributed by atoms with van der Waals surface area (Å²) in [6.45, 7) is 4.21. The molecule has 1 fully saturated rings. The number of ketones is 1. The van der Waals surface area contributed by atoms with Gasteiger partial charge < -0.3 is 9.88 Å². The summed E-state index contributed by atoms with van der Waals surface area (Å²) in [7, 11) is 2.02. The second-order valence-corrected chi connectivity index (χ2v) is 7.36. The van der Waals surface area contributed by atoms with Crippen molar-refractivity contribution in [1.82, 2.24) is 20.1 Å². The van der Waals surface area contributed by atoms with Gasteiger partial charge in [0, 0.05) is 47.5 Å². The van der Waals surface area contributed by atoms with Crippen LogP contribution in [-0.2, 0) is 0 Å². The Labute approximate surface area is 159 Å². The van der Waals surface area contributed by atoms with Gasteiger partial charge in [0.15, 0.2) is 11.6 Å². The Morgan fingerprint density at radius 3 is 2.96 bits per heavy atom. The largest absolute Gasteiger partial charge is 0.358 e. The van der Waals surface area contributed by atoms with Crippen LogP contribution >= 0.6 is 0 Å². The number of fused-ring (bicyclic) bond motifs is 1. The van der Waals surface area contributed by atoms with Crippen LogP contribution in [0.25, 0.3) is 10.9 Å². The zero-order chi connectivity index (χ0) is 18.8. The molecule has 2 aromatic heterocycles. The number of Topliss-reactive ketones (excluding diaryl/α,β-unsaturated/α-hetero) is 1. The van der Waals surface area contributed by atoms with Crippen molar-refractivity contribution in [2.75, 3.05) is 31.6 Å². The van der Waals surface area contributed by atoms with Crippen molar-refractivity contribution in [3.8, 4) is 0 Å². The van der Waals surface area contributed by atoms with Gasteiger partial charge in [0.2, 0.25) is 0 Å². The average Bonchev–Trinajstić information content (AvgIpc) is 3.25. The Morgan fingerprint density at radius 1 is 1.30 bits per heavy atom. The van der Waals surface area contributed by atoms with E-state index in [0.717, 1.165) is 53.9 Å². The lowest BCUT2D eigenvalue weighted by atomic mass is 10.1. The van der Waals surface area contributed by atoms with Crippen molar-refractivity contribution in [3.05, 3.63) is 53.9 Å². The van der Waals surface area contributed by atoms with Crippen molar-refractivity contribution in [3.63, 3.8) is 0 Å². The molecule has 6 heteroatoms. The first kappa shape index (κ1) is 17.7. The number of aryl methyl sites for hydroxylation is 1. The summed E-state index contributed by atoms with van der Waals surface area (Å²) in [6.07, 6.45) is 3.95. The maximum Gasteiger partial charge on any atom is 0.179 e. The number of benzene rings is 1. The number of nitrogens with one attached hydrogen (secondary N) is 1. The first-order valence-electron chi connectivity index (χ1n) is 9.47. The number of anilines is 1. The molecule has 0 radical (unpaired) electrons. The van der Waals surface area contributed by atoms with Gasteiger partial charge >= 0.3 is 0 Å². The fraction of sp³-hybridized carbons (Fsp3) is 0.381. The summed E-state index contributed by atoms with van der Waals surface area (Å²) < 4.78 is 0. The van der Waals surface area contributed by atoms with Crippen molar-refractivity contribution in [1.29, 1.82) is 0 Å². The number of nitrogens with zero attached hydrogens (tertiary/aromatic N) is 4. The monoisotopic (exact) mass is 363 g/mol. The van der Waals surface area contributed by atoms with Gasteiger partial charge in [-0.05, 0) is 45.0 Å². The highest BCUT2D eigenvalue weighted by Crippen LogP contribution is 2.25. The normalized spacial score (nSPS) is 17.1. The van der Waals surface area contributed by atoms with Gasteiger partial charge in [-0.2, -0.15) is 5.10 Å². The molecule has 0 saturated carbocycles. The van der Waals surface area contributed by atoms with Crippen LogP contribution in [0.4, 0.5) is 5.82 Å². The van der Waals surface area contributed by atoms with E-state index in [-0.39, 0.29) is 5.78 Å². The van der Waals surface area contributed by atoms with Gasteiger partial charge in [0.25, 0.3) is 0 Å². The van der Waals surface area contributed by atoms with Crippen molar-refractivity contribution in [2.24, 2.45) is 0 Å². The first-order chi connectivity index (χ1) is 13.1. The minimum Gasteiger partial charge on any atom is -0.358 e. The van der Waals surface area contributed by atoms with Gasteiger partial charge in [-0.15, -0.1) is 5.10 Å². The topological polar surface area (TPSA) is 65.1 Å². The SMILES string of the molecule is Cc1[nH]c2ccccc2c1C(=O)CN(C)CC1CCCN1c1cccnn1. The Hall–Kier alpha value is -2.73. The molecule has 1 N–H and O–H groups in total. The zero-order valence-electron chi connectivity index (χ0n) is 15.9. The average molecular weight is 363 g/mol. The van der Waals surface area contributed by atoms with Crippen LogP contribution in [0.5, 0.6) is 0 Å². The molecule has 1 aliphatic rings. The Kier molecular flexibility index (Phi) is 4.90.